The summed E-state index contributed by atoms with van der Waals surface area (Å²) in [6, 6.07) is 86.4. The summed E-state index contributed by atoms with van der Waals surface area (Å²) < 4.78 is 4.06. The quantitative estimate of drug-likeness (QED) is 0.131. The van der Waals surface area contributed by atoms with Crippen molar-refractivity contribution in [1.29, 1.82) is 47.4 Å². The average molecular weight is 1170 g/mol. The molecule has 14 heteroatoms. The largest absolute Gasteiger partial charge is 0.308 e. The second kappa shape index (κ2) is 22.7. The van der Waals surface area contributed by atoms with Crippen LogP contribution < -0.4 is 0 Å². The van der Waals surface area contributed by atoms with Crippen LogP contribution in [0.5, 0.6) is 0 Å². The van der Waals surface area contributed by atoms with Crippen LogP contribution in [0.15, 0.2) is 218 Å². The van der Waals surface area contributed by atoms with E-state index in [1.54, 1.807) is 72.8 Å². The molecular weight excluding hydrogens is 1130 g/mol. The Bertz CT molecular complexity index is 5620. The first-order valence-electron chi connectivity index (χ1n) is 28.6. The first-order valence-corrected chi connectivity index (χ1v) is 28.6. The van der Waals surface area contributed by atoms with Crippen molar-refractivity contribution in [2.75, 3.05) is 0 Å². The summed E-state index contributed by atoms with van der Waals surface area (Å²) in [5.74, 6) is 1.02. The average Bonchev–Trinajstić information content (AvgIpc) is 1.57. The highest BCUT2D eigenvalue weighted by Crippen LogP contribution is 2.45. The fraction of sp³-hybridized carbons (Fsp3) is 0. The van der Waals surface area contributed by atoms with E-state index in [2.05, 4.69) is 59.2 Å². The lowest BCUT2D eigenvalue weighted by Gasteiger charge is -2.19. The van der Waals surface area contributed by atoms with E-state index in [0.717, 1.165) is 32.7 Å². The lowest BCUT2D eigenvalue weighted by molar-refractivity contribution is 1.06. The minimum atomic E-state index is 0.241. The molecule has 0 saturated carbocycles. The second-order valence-corrected chi connectivity index (χ2v) is 21.6. The van der Waals surface area contributed by atoms with Crippen LogP contribution in [-0.2, 0) is 0 Å². The molecule has 11 aromatic carbocycles. The highest BCUT2D eigenvalue weighted by Gasteiger charge is 2.26. The smallest absolute Gasteiger partial charge is 0.166 e. The van der Waals surface area contributed by atoms with Crippen LogP contribution in [0.2, 0.25) is 0 Å². The van der Waals surface area contributed by atoms with Gasteiger partial charge in [-0.25, -0.2) is 15.0 Å². The minimum absolute atomic E-state index is 0.241. The lowest BCUT2D eigenvalue weighted by Crippen LogP contribution is -2.07. The van der Waals surface area contributed by atoms with Crippen LogP contribution in [0, 0.1) is 102 Å². The van der Waals surface area contributed by atoms with E-state index < -0.39 is 0 Å². The molecule has 0 N–H and O–H groups in total. The minimum Gasteiger partial charge on any atom is -0.308 e. The molecule has 0 fully saturated rings. The normalized spacial score (nSPS) is 10.7. The van der Waals surface area contributed by atoms with Gasteiger partial charge < -0.3 is 9.13 Å². The van der Waals surface area contributed by atoms with Crippen molar-refractivity contribution < 1.29 is 0 Å². The van der Waals surface area contributed by atoms with Crippen molar-refractivity contribution in [3.63, 3.8) is 0 Å². The maximum absolute atomic E-state index is 11.8. The van der Waals surface area contributed by atoms with Gasteiger partial charge in [0.1, 0.15) is 6.07 Å². The Hall–Kier alpha value is -14.6. The van der Waals surface area contributed by atoms with E-state index in [9.17, 15) is 47.4 Å². The molecule has 418 valence electrons. The van der Waals surface area contributed by atoms with E-state index in [-0.39, 0.29) is 11.4 Å². The van der Waals surface area contributed by atoms with Gasteiger partial charge in [0.15, 0.2) is 17.5 Å². The molecule has 0 bridgehead atoms. The van der Waals surface area contributed by atoms with Gasteiger partial charge >= 0.3 is 0 Å². The fourth-order valence-corrected chi connectivity index (χ4v) is 12.2. The fourth-order valence-electron chi connectivity index (χ4n) is 12.2. The monoisotopic (exact) mass is 1170 g/mol. The Kier molecular flexibility index (Phi) is 13.6. The maximum Gasteiger partial charge on any atom is 0.166 e. The number of nitriles is 9. The van der Waals surface area contributed by atoms with E-state index in [4.69, 9.17) is 15.0 Å². The Balaban J connectivity index is 1.10. The van der Waals surface area contributed by atoms with Crippen molar-refractivity contribution in [2.45, 2.75) is 0 Å². The molecule has 14 nitrogen and oxygen atoms in total. The summed E-state index contributed by atoms with van der Waals surface area (Å²) in [5, 5.41) is 95.8. The van der Waals surface area contributed by atoms with Crippen LogP contribution in [0.25, 0.3) is 134 Å². The van der Waals surface area contributed by atoms with Crippen molar-refractivity contribution >= 4 is 43.6 Å². The zero-order valence-corrected chi connectivity index (χ0v) is 48.0. The molecule has 0 radical (unpaired) electrons. The van der Waals surface area contributed by atoms with Crippen LogP contribution in [0.4, 0.5) is 0 Å². The second-order valence-electron chi connectivity index (χ2n) is 21.6. The van der Waals surface area contributed by atoms with Gasteiger partial charge in [-0.1, -0.05) is 109 Å². The first kappa shape index (κ1) is 55.3. The van der Waals surface area contributed by atoms with Crippen LogP contribution in [0.1, 0.15) is 50.1 Å². The molecule has 0 atom stereocenters. The molecule has 0 aliphatic heterocycles. The third-order valence-electron chi connectivity index (χ3n) is 16.5. The zero-order valence-electron chi connectivity index (χ0n) is 48.0. The summed E-state index contributed by atoms with van der Waals surface area (Å²) in [6.07, 6.45) is 0. The van der Waals surface area contributed by atoms with Gasteiger partial charge in [-0.2, -0.15) is 47.4 Å². The van der Waals surface area contributed by atoms with E-state index in [0.29, 0.717) is 140 Å². The third kappa shape index (κ3) is 9.35. The highest BCUT2D eigenvalue weighted by molar-refractivity contribution is 6.14. The highest BCUT2D eigenvalue weighted by atomic mass is 15.1. The molecule has 0 saturated heterocycles. The molecule has 0 aliphatic rings. The van der Waals surface area contributed by atoms with E-state index >= 15 is 0 Å². The molecule has 14 aromatic rings. The van der Waals surface area contributed by atoms with Gasteiger partial charge in [-0.05, 0) is 154 Å². The predicted octanol–water partition coefficient (Wildman–Crippen LogP) is 16.6. The van der Waals surface area contributed by atoms with E-state index in [1.807, 2.05) is 150 Å². The standard InChI is InChI=1S/C78H36N14/c79-37-46-11-19-61(56(27-46)41-83)52-15-23-70-65(31-52)66-32-53(62-20-12-47(38-80)28-57(62)42-84)16-24-71(66)91(70)74-36-69(78-89-76(50-7-3-1-4-8-50)88-77(90-78)51-9-5-2-6-10-51)75(35-60(74)45-87)92-72-25-17-54(63-21-13-48(39-81)29-58(63)43-85)33-67(72)68-34-55(18-26-73(68)92)64-22-14-49(40-82)30-59(64)44-86/h1-36H. The molecule has 0 amide bonds. The van der Waals surface area contributed by atoms with Crippen molar-refractivity contribution in [1.82, 2.24) is 24.1 Å². The predicted molar refractivity (Wildman–Crippen MR) is 349 cm³/mol. The zero-order chi connectivity index (χ0) is 63.1. The summed E-state index contributed by atoms with van der Waals surface area (Å²) in [7, 11) is 0. The summed E-state index contributed by atoms with van der Waals surface area (Å²) in [4.78, 5) is 15.7. The molecule has 0 aliphatic carbocycles. The first-order chi connectivity index (χ1) is 45.2. The molecule has 3 aromatic heterocycles. The van der Waals surface area contributed by atoms with Crippen LogP contribution in [0.3, 0.4) is 0 Å². The van der Waals surface area contributed by atoms with Crippen LogP contribution >= 0.6 is 0 Å². The van der Waals surface area contributed by atoms with Gasteiger partial charge in [0, 0.05) is 38.2 Å². The summed E-state index contributed by atoms with van der Waals surface area (Å²) in [5.41, 5.74) is 13.5. The Labute approximate surface area is 525 Å². The van der Waals surface area contributed by atoms with Crippen LogP contribution in [-0.4, -0.2) is 24.1 Å². The van der Waals surface area contributed by atoms with Gasteiger partial charge in [0.2, 0.25) is 0 Å². The summed E-state index contributed by atoms with van der Waals surface area (Å²) in [6.45, 7) is 0. The Morgan fingerprint density at radius 2 is 0.533 bits per heavy atom. The Morgan fingerprint density at radius 1 is 0.228 bits per heavy atom. The topological polar surface area (TPSA) is 263 Å². The van der Waals surface area contributed by atoms with Crippen molar-refractivity contribution in [3.8, 4) is 145 Å². The number of aromatic nitrogens is 5. The number of fused-ring (bicyclic) bond motifs is 6. The van der Waals surface area contributed by atoms with Crippen molar-refractivity contribution in [2.24, 2.45) is 0 Å². The third-order valence-corrected chi connectivity index (χ3v) is 16.5. The number of benzene rings is 11. The SMILES string of the molecule is N#Cc1ccc(-c2ccc3c(c2)c2cc(-c4ccc(C#N)cc4C#N)ccc2n3-c2cc(-c3nc(-c4ccccc4)nc(-c4ccccc4)n3)c(-n3c4ccc(-c5ccc(C#N)cc5C#N)cc4c4cc(-c5ccc(C#N)cc5C#N)ccc43)cc2C#N)c(C#N)c1. The molecule has 14 rings (SSSR count). The molecule has 3 heterocycles. The number of hydrogen-bond acceptors (Lipinski definition) is 12. The molecule has 0 spiro atoms. The summed E-state index contributed by atoms with van der Waals surface area (Å²) >= 11 is 0. The van der Waals surface area contributed by atoms with E-state index in [1.165, 1.54) is 0 Å². The van der Waals surface area contributed by atoms with Gasteiger partial charge in [0.05, 0.1) is 132 Å². The lowest BCUT2D eigenvalue weighted by atomic mass is 9.95. The number of rotatable bonds is 9. The molecule has 0 unspecified atom stereocenters. The maximum atomic E-state index is 11.8. The Morgan fingerprint density at radius 3 is 0.837 bits per heavy atom. The van der Waals surface area contributed by atoms with Gasteiger partial charge in [0.25, 0.3) is 0 Å². The van der Waals surface area contributed by atoms with Crippen molar-refractivity contribution in [3.05, 3.63) is 268 Å². The number of hydrogen-bond donors (Lipinski definition) is 0. The van der Waals surface area contributed by atoms with Gasteiger partial charge in [-0.15, -0.1) is 0 Å². The molecular formula is C78H36N14. The van der Waals surface area contributed by atoms with Gasteiger partial charge in [-0.3, -0.25) is 0 Å². The number of nitrogens with zero attached hydrogens (tertiary/aromatic N) is 14. The molecule has 92 heavy (non-hydrogen) atoms.